The quantitative estimate of drug-likeness (QED) is 0.412. The molecule has 0 atom stereocenters. The molecule has 30 heavy (non-hydrogen) atoms. The lowest BCUT2D eigenvalue weighted by atomic mass is 10.1. The van der Waals surface area contributed by atoms with Crippen LogP contribution in [0.5, 0.6) is 11.5 Å². The van der Waals surface area contributed by atoms with E-state index in [0.717, 1.165) is 11.1 Å². The highest BCUT2D eigenvalue weighted by Gasteiger charge is 2.15. The summed E-state index contributed by atoms with van der Waals surface area (Å²) in [5.41, 5.74) is 6.94. The Hall–Kier alpha value is -3.66. The van der Waals surface area contributed by atoms with Gasteiger partial charge in [-0.15, -0.1) is 0 Å². The third-order valence-electron chi connectivity index (χ3n) is 4.30. The van der Waals surface area contributed by atoms with E-state index in [1.54, 1.807) is 16.7 Å². The van der Waals surface area contributed by atoms with Crippen molar-refractivity contribution in [3.63, 3.8) is 0 Å². The highest BCUT2D eigenvalue weighted by atomic mass is 32.1. The van der Waals surface area contributed by atoms with E-state index in [9.17, 15) is 9.59 Å². The molecule has 0 aliphatic carbocycles. The molecule has 0 saturated carbocycles. The van der Waals surface area contributed by atoms with Gasteiger partial charge < -0.3 is 9.47 Å². The molecule has 1 heterocycles. The molecule has 0 saturated heterocycles. The minimum Gasteiger partial charge on any atom is -0.493 e. The molecular weight excluding hydrogens is 406 g/mol. The number of nitrogens with zero attached hydrogens (tertiary/aromatic N) is 2. The predicted octanol–water partition coefficient (Wildman–Crippen LogP) is 2.39. The van der Waals surface area contributed by atoms with E-state index >= 15 is 0 Å². The Morgan fingerprint density at radius 3 is 2.57 bits per heavy atom. The smallest absolute Gasteiger partial charge is 0.269 e. The third kappa shape index (κ3) is 4.66. The van der Waals surface area contributed by atoms with Crippen molar-refractivity contribution in [3.8, 4) is 22.9 Å². The normalized spacial score (nSPS) is 10.4. The van der Waals surface area contributed by atoms with Gasteiger partial charge in [0, 0.05) is 11.1 Å². The molecule has 9 nitrogen and oxygen atoms in total. The van der Waals surface area contributed by atoms with E-state index in [4.69, 9.17) is 21.7 Å². The lowest BCUT2D eigenvalue weighted by molar-refractivity contribution is -0.122. The van der Waals surface area contributed by atoms with Crippen LogP contribution in [0.25, 0.3) is 11.4 Å². The van der Waals surface area contributed by atoms with Crippen LogP contribution < -0.4 is 20.3 Å². The fourth-order valence-corrected chi connectivity index (χ4v) is 3.02. The Labute approximate surface area is 178 Å². The first-order chi connectivity index (χ1) is 14.4. The zero-order valence-corrected chi connectivity index (χ0v) is 17.5. The summed E-state index contributed by atoms with van der Waals surface area (Å²) in [6, 6.07) is 12.4. The number of H-pyrrole nitrogens is 1. The number of aryl methyl sites for hydroxylation is 1. The Morgan fingerprint density at radius 2 is 1.87 bits per heavy atom. The Bertz CT molecular complexity index is 1140. The molecular formula is C20H21N5O4S. The fraction of sp³-hybridized carbons (Fsp3) is 0.200. The summed E-state index contributed by atoms with van der Waals surface area (Å²) in [6.07, 6.45) is 0. The van der Waals surface area contributed by atoms with Gasteiger partial charge >= 0.3 is 0 Å². The van der Waals surface area contributed by atoms with Gasteiger partial charge in [-0.25, -0.2) is 0 Å². The highest BCUT2D eigenvalue weighted by Crippen LogP contribution is 2.27. The van der Waals surface area contributed by atoms with Crippen molar-refractivity contribution in [2.75, 3.05) is 14.2 Å². The Balaban J connectivity index is 1.68. The van der Waals surface area contributed by atoms with Gasteiger partial charge in [0.1, 0.15) is 6.54 Å². The predicted molar refractivity (Wildman–Crippen MR) is 113 cm³/mol. The second-order valence-corrected chi connectivity index (χ2v) is 6.77. The topological polar surface area (TPSA) is 110 Å². The number of nitrogens with one attached hydrogen (secondary N) is 3. The molecule has 0 fully saturated rings. The maximum atomic E-state index is 12.4. The second-order valence-electron chi connectivity index (χ2n) is 6.38. The number of methoxy groups -OCH3 is 2. The molecule has 2 amide bonds. The van der Waals surface area contributed by atoms with Crippen LogP contribution in [0.2, 0.25) is 0 Å². The number of carbonyl (C=O) groups excluding carboxylic acids is 2. The molecule has 0 aliphatic heterocycles. The average Bonchev–Trinajstić information content (AvgIpc) is 3.11. The van der Waals surface area contributed by atoms with Crippen LogP contribution in [-0.4, -0.2) is 40.8 Å². The van der Waals surface area contributed by atoms with Gasteiger partial charge in [-0.3, -0.25) is 30.1 Å². The number of hydrogen-bond acceptors (Lipinski definition) is 6. The van der Waals surface area contributed by atoms with Gasteiger partial charge in [0.05, 0.1) is 14.2 Å². The van der Waals surface area contributed by atoms with Gasteiger partial charge in [-0.05, 0) is 43.4 Å². The zero-order chi connectivity index (χ0) is 21.7. The summed E-state index contributed by atoms with van der Waals surface area (Å²) >= 11 is 5.24. The summed E-state index contributed by atoms with van der Waals surface area (Å²) in [5, 5.41) is 6.91. The maximum Gasteiger partial charge on any atom is 0.269 e. The number of carbonyl (C=O) groups is 2. The van der Waals surface area contributed by atoms with Gasteiger partial charge in [0.2, 0.25) is 0 Å². The molecule has 0 aliphatic rings. The third-order valence-corrected chi connectivity index (χ3v) is 4.61. The number of aromatic nitrogens is 3. The van der Waals surface area contributed by atoms with Gasteiger partial charge in [0.25, 0.3) is 11.8 Å². The van der Waals surface area contributed by atoms with E-state index < -0.39 is 11.8 Å². The standard InChI is InChI=1S/C20H21N5O4S/c1-12-5-4-6-13(9-12)18-22-24-20(30)25(18)11-17(26)21-23-19(27)14-7-8-15(28-2)16(10-14)29-3/h4-10H,11H2,1-3H3,(H,21,26)(H,23,27)(H,24,30). The van der Waals surface area contributed by atoms with E-state index in [0.29, 0.717) is 27.7 Å². The molecule has 156 valence electrons. The van der Waals surface area contributed by atoms with Crippen LogP contribution >= 0.6 is 12.2 Å². The van der Waals surface area contributed by atoms with E-state index in [-0.39, 0.29) is 6.54 Å². The first-order valence-electron chi connectivity index (χ1n) is 8.96. The molecule has 3 rings (SSSR count). The molecule has 0 bridgehead atoms. The summed E-state index contributed by atoms with van der Waals surface area (Å²) in [7, 11) is 2.98. The number of hydrazine groups is 1. The summed E-state index contributed by atoms with van der Waals surface area (Å²) in [6.45, 7) is 1.84. The average molecular weight is 427 g/mol. The molecule has 2 aromatic carbocycles. The highest BCUT2D eigenvalue weighted by molar-refractivity contribution is 7.71. The lowest BCUT2D eigenvalue weighted by Gasteiger charge is -2.11. The lowest BCUT2D eigenvalue weighted by Crippen LogP contribution is -2.43. The van der Waals surface area contributed by atoms with Crippen molar-refractivity contribution >= 4 is 24.0 Å². The number of hydrogen-bond donors (Lipinski definition) is 3. The summed E-state index contributed by atoms with van der Waals surface area (Å²) in [4.78, 5) is 24.7. The molecule has 10 heteroatoms. The van der Waals surface area contributed by atoms with Crippen LogP contribution in [-0.2, 0) is 11.3 Å². The van der Waals surface area contributed by atoms with Crippen molar-refractivity contribution in [1.29, 1.82) is 0 Å². The Kier molecular flexibility index (Phi) is 6.48. The molecule has 0 spiro atoms. The van der Waals surface area contributed by atoms with E-state index in [1.165, 1.54) is 20.3 Å². The van der Waals surface area contributed by atoms with Crippen molar-refractivity contribution in [3.05, 3.63) is 58.4 Å². The molecule has 3 aromatic rings. The van der Waals surface area contributed by atoms with Gasteiger partial charge in [-0.1, -0.05) is 23.8 Å². The van der Waals surface area contributed by atoms with Gasteiger partial charge in [0.15, 0.2) is 22.1 Å². The first-order valence-corrected chi connectivity index (χ1v) is 9.37. The number of rotatable bonds is 6. The van der Waals surface area contributed by atoms with Crippen LogP contribution in [0.4, 0.5) is 0 Å². The summed E-state index contributed by atoms with van der Waals surface area (Å²) < 4.78 is 12.2. The van der Waals surface area contributed by atoms with Crippen LogP contribution in [0.1, 0.15) is 15.9 Å². The monoisotopic (exact) mass is 427 g/mol. The van der Waals surface area contributed by atoms with Crippen molar-refractivity contribution in [1.82, 2.24) is 25.6 Å². The van der Waals surface area contributed by atoms with Crippen molar-refractivity contribution < 1.29 is 19.1 Å². The fourth-order valence-electron chi connectivity index (χ4n) is 2.83. The number of ether oxygens (including phenoxy) is 2. The van der Waals surface area contributed by atoms with E-state index in [2.05, 4.69) is 21.0 Å². The SMILES string of the molecule is COc1ccc(C(=O)NNC(=O)Cn2c(-c3cccc(C)c3)n[nH]c2=S)cc1OC. The molecule has 0 radical (unpaired) electrons. The minimum absolute atomic E-state index is 0.120. The van der Waals surface area contributed by atoms with Crippen LogP contribution in [0.15, 0.2) is 42.5 Å². The summed E-state index contributed by atoms with van der Waals surface area (Å²) in [5.74, 6) is 0.472. The molecule has 3 N–H and O–H groups in total. The van der Waals surface area contributed by atoms with Crippen LogP contribution in [0, 0.1) is 11.7 Å². The Morgan fingerprint density at radius 1 is 1.10 bits per heavy atom. The van der Waals surface area contributed by atoms with E-state index in [1.807, 2.05) is 31.2 Å². The number of aromatic amines is 1. The number of benzene rings is 2. The first kappa shape index (κ1) is 21.1. The van der Waals surface area contributed by atoms with Crippen LogP contribution in [0.3, 0.4) is 0 Å². The second kappa shape index (κ2) is 9.23. The maximum absolute atomic E-state index is 12.4. The van der Waals surface area contributed by atoms with Crippen molar-refractivity contribution in [2.24, 2.45) is 0 Å². The van der Waals surface area contributed by atoms with Gasteiger partial charge in [-0.2, -0.15) is 5.10 Å². The molecule has 1 aromatic heterocycles. The largest absolute Gasteiger partial charge is 0.493 e. The number of amides is 2. The van der Waals surface area contributed by atoms with Crippen molar-refractivity contribution in [2.45, 2.75) is 13.5 Å². The zero-order valence-electron chi connectivity index (χ0n) is 16.7. The molecule has 0 unspecified atom stereocenters. The minimum atomic E-state index is -0.501.